The summed E-state index contributed by atoms with van der Waals surface area (Å²) in [7, 11) is -4.73. The average molecular weight is 303 g/mol. The fraction of sp³-hybridized carbons (Fsp3) is 0.462. The van der Waals surface area contributed by atoms with E-state index in [2.05, 4.69) is 4.74 Å². The van der Waals surface area contributed by atoms with Gasteiger partial charge < -0.3 is 9.05 Å². The number of hydrogen-bond acceptors (Lipinski definition) is 4. The molecule has 0 amide bonds. The first kappa shape index (κ1) is 16.4. The van der Waals surface area contributed by atoms with E-state index in [1.165, 1.54) is 0 Å². The second kappa shape index (κ2) is 7.25. The highest BCUT2D eigenvalue weighted by Crippen LogP contribution is 2.52. The normalized spacial score (nSPS) is 12.2. The molecular formula is C13H22NO3PS. The van der Waals surface area contributed by atoms with Gasteiger partial charge in [-0.2, -0.15) is 0 Å². The molecule has 0 aromatic heterocycles. The molecule has 1 aromatic rings. The molecular weight excluding hydrogens is 281 g/mol. The van der Waals surface area contributed by atoms with Crippen LogP contribution in [0.15, 0.2) is 35.1 Å². The second-order valence-corrected chi connectivity index (χ2v) is 9.56. The Balaban J connectivity index is 3.40. The minimum absolute atomic E-state index is 0.468. The topological polar surface area (TPSA) is 47.9 Å². The predicted octanol–water partition coefficient (Wildman–Crippen LogP) is 3.73. The summed E-state index contributed by atoms with van der Waals surface area (Å²) >= 11 is 0. The molecule has 0 aliphatic rings. The SMILES string of the molecule is CCOP(C=S(C)(C)=O)(=Nc1ccccc1)OCC. The molecule has 0 unspecified atom stereocenters. The molecule has 0 N–H and O–H groups in total. The minimum atomic E-state index is -2.62. The van der Waals surface area contributed by atoms with Crippen LogP contribution in [0.5, 0.6) is 0 Å². The molecule has 4 nitrogen and oxygen atoms in total. The zero-order valence-electron chi connectivity index (χ0n) is 11.9. The molecule has 1 rings (SSSR count). The van der Waals surface area contributed by atoms with Gasteiger partial charge in [0.15, 0.2) is 0 Å². The Hall–Kier alpha value is -0.610. The van der Waals surface area contributed by atoms with Crippen LogP contribution in [0.25, 0.3) is 0 Å². The third-order valence-corrected chi connectivity index (χ3v) is 6.89. The van der Waals surface area contributed by atoms with Gasteiger partial charge in [-0.25, -0.2) is 4.74 Å². The van der Waals surface area contributed by atoms with Crippen LogP contribution in [0.2, 0.25) is 0 Å². The van der Waals surface area contributed by atoms with Crippen LogP contribution in [0.4, 0.5) is 5.69 Å². The van der Waals surface area contributed by atoms with Crippen molar-refractivity contribution in [2.24, 2.45) is 4.74 Å². The summed E-state index contributed by atoms with van der Waals surface area (Å²) in [5.74, 6) is 0. The molecule has 0 spiro atoms. The van der Waals surface area contributed by atoms with Gasteiger partial charge in [0, 0.05) is 12.5 Å². The summed E-state index contributed by atoms with van der Waals surface area (Å²) < 4.78 is 28.2. The van der Waals surface area contributed by atoms with Crippen LogP contribution >= 0.6 is 7.51 Å². The summed E-state index contributed by atoms with van der Waals surface area (Å²) in [5, 5.41) is 1.65. The largest absolute Gasteiger partial charge is 0.321 e. The molecule has 0 saturated heterocycles. The van der Waals surface area contributed by atoms with Gasteiger partial charge in [0.1, 0.15) is 0 Å². The lowest BCUT2D eigenvalue weighted by Crippen LogP contribution is -2.04. The Morgan fingerprint density at radius 3 is 2.11 bits per heavy atom. The van der Waals surface area contributed by atoms with Gasteiger partial charge in [-0.3, -0.25) is 4.21 Å². The van der Waals surface area contributed by atoms with Gasteiger partial charge in [-0.15, -0.1) is 0 Å². The second-order valence-electron chi connectivity index (χ2n) is 4.25. The number of hydrogen-bond donors (Lipinski definition) is 0. The molecule has 0 radical (unpaired) electrons. The zero-order chi connectivity index (χ0) is 14.4. The van der Waals surface area contributed by atoms with E-state index in [0.29, 0.717) is 13.2 Å². The molecule has 19 heavy (non-hydrogen) atoms. The van der Waals surface area contributed by atoms with E-state index in [1.807, 2.05) is 44.2 Å². The maximum Gasteiger partial charge on any atom is 0.249 e. The smallest absolute Gasteiger partial charge is 0.249 e. The molecule has 0 fully saturated rings. The molecule has 0 aliphatic heterocycles. The number of benzene rings is 1. The molecule has 0 aliphatic carbocycles. The van der Waals surface area contributed by atoms with E-state index in [9.17, 15) is 4.21 Å². The quantitative estimate of drug-likeness (QED) is 0.594. The Labute approximate surface area is 116 Å². The summed E-state index contributed by atoms with van der Waals surface area (Å²) in [5.41, 5.74) is 0.776. The molecule has 6 heteroatoms. The Kier molecular flexibility index (Phi) is 6.27. The van der Waals surface area contributed by atoms with Gasteiger partial charge in [0.25, 0.3) is 0 Å². The standard InChI is InChI=1S/C13H22NO3PS/c1-5-16-18(17-6-2,12-19(3,4)15)14-13-10-8-7-9-11-13/h7-12H,5-6H2,1-4H3. The van der Waals surface area contributed by atoms with Gasteiger partial charge in [0.2, 0.25) is 7.51 Å². The van der Waals surface area contributed by atoms with E-state index in [4.69, 9.17) is 9.05 Å². The van der Waals surface area contributed by atoms with Crippen LogP contribution in [-0.2, 0) is 18.6 Å². The fourth-order valence-corrected chi connectivity index (χ4v) is 6.15. The van der Waals surface area contributed by atoms with Gasteiger partial charge in [-0.1, -0.05) is 18.2 Å². The van der Waals surface area contributed by atoms with Crippen molar-refractivity contribution in [2.75, 3.05) is 25.7 Å². The van der Waals surface area contributed by atoms with E-state index >= 15 is 0 Å². The van der Waals surface area contributed by atoms with Crippen molar-refractivity contribution in [1.82, 2.24) is 0 Å². The van der Waals surface area contributed by atoms with Crippen molar-refractivity contribution < 1.29 is 13.3 Å². The highest BCUT2D eigenvalue weighted by Gasteiger charge is 2.20. The molecule has 0 atom stereocenters. The van der Waals surface area contributed by atoms with Crippen molar-refractivity contribution in [3.8, 4) is 0 Å². The highest BCUT2D eigenvalue weighted by molar-refractivity contribution is 8.09. The van der Waals surface area contributed by atoms with Crippen LogP contribution < -0.4 is 0 Å². The lowest BCUT2D eigenvalue weighted by molar-refractivity contribution is 0.270. The lowest BCUT2D eigenvalue weighted by Gasteiger charge is -2.20. The molecule has 0 heterocycles. The maximum absolute atomic E-state index is 12.1. The van der Waals surface area contributed by atoms with E-state index in [1.54, 1.807) is 17.6 Å². The Morgan fingerprint density at radius 2 is 1.68 bits per heavy atom. The lowest BCUT2D eigenvalue weighted by atomic mass is 10.3. The van der Waals surface area contributed by atoms with Gasteiger partial charge in [-0.05, 0) is 35.5 Å². The van der Waals surface area contributed by atoms with Crippen molar-refractivity contribution in [3.63, 3.8) is 0 Å². The molecule has 1 aromatic carbocycles. The number of rotatable bonds is 6. The Morgan fingerprint density at radius 1 is 1.16 bits per heavy atom. The molecule has 108 valence electrons. The molecule has 0 saturated carbocycles. The van der Waals surface area contributed by atoms with Crippen molar-refractivity contribution in [3.05, 3.63) is 30.3 Å². The van der Waals surface area contributed by atoms with Crippen molar-refractivity contribution in [2.45, 2.75) is 13.8 Å². The van der Waals surface area contributed by atoms with Crippen molar-refractivity contribution >= 4 is 27.8 Å². The van der Waals surface area contributed by atoms with Crippen molar-refractivity contribution in [1.29, 1.82) is 0 Å². The summed E-state index contributed by atoms with van der Waals surface area (Å²) in [6.07, 6.45) is 3.33. The van der Waals surface area contributed by atoms with E-state index in [0.717, 1.165) is 5.69 Å². The first-order valence-corrected chi connectivity index (χ1v) is 10.3. The third-order valence-electron chi connectivity index (χ3n) is 2.03. The predicted molar refractivity (Wildman–Crippen MR) is 84.8 cm³/mol. The average Bonchev–Trinajstić information content (AvgIpc) is 2.28. The van der Waals surface area contributed by atoms with Crippen LogP contribution in [-0.4, -0.2) is 35.0 Å². The summed E-state index contributed by atoms with van der Waals surface area (Å²) in [4.78, 5) is 0. The van der Waals surface area contributed by atoms with Crippen LogP contribution in [0.1, 0.15) is 13.8 Å². The minimum Gasteiger partial charge on any atom is -0.321 e. The van der Waals surface area contributed by atoms with E-state index < -0.39 is 17.0 Å². The van der Waals surface area contributed by atoms with Crippen LogP contribution in [0, 0.1) is 0 Å². The first-order valence-electron chi connectivity index (χ1n) is 6.17. The zero-order valence-corrected chi connectivity index (χ0v) is 13.6. The van der Waals surface area contributed by atoms with E-state index in [-0.39, 0.29) is 0 Å². The van der Waals surface area contributed by atoms with Crippen LogP contribution in [0.3, 0.4) is 0 Å². The number of nitrogens with zero attached hydrogens (tertiary/aromatic N) is 1. The first-order chi connectivity index (χ1) is 8.91. The summed E-state index contributed by atoms with van der Waals surface area (Å²) in [6.45, 7) is 4.71. The fourth-order valence-electron chi connectivity index (χ4n) is 1.53. The third kappa shape index (κ3) is 5.91. The Bertz CT molecular complexity index is 545. The monoisotopic (exact) mass is 303 g/mol. The maximum atomic E-state index is 12.1. The summed E-state index contributed by atoms with van der Waals surface area (Å²) in [6, 6.07) is 9.50. The van der Waals surface area contributed by atoms with Gasteiger partial charge in [0.05, 0.1) is 24.0 Å². The van der Waals surface area contributed by atoms with Gasteiger partial charge >= 0.3 is 0 Å². The molecule has 0 bridgehead atoms. The highest BCUT2D eigenvalue weighted by atomic mass is 32.2.